The summed E-state index contributed by atoms with van der Waals surface area (Å²) in [7, 11) is 3.61. The first kappa shape index (κ1) is 12.6. The Labute approximate surface area is 96.3 Å². The van der Waals surface area contributed by atoms with Crippen molar-refractivity contribution in [3.8, 4) is 0 Å². The molecule has 1 heterocycles. The minimum Gasteiger partial charge on any atom is -0.295 e. The second-order valence-electron chi connectivity index (χ2n) is 3.58. The summed E-state index contributed by atoms with van der Waals surface area (Å²) in [5.41, 5.74) is 3.30. The average molecular weight is 220 g/mol. The fraction of sp³-hybridized carbons (Fsp3) is 0.462. The summed E-state index contributed by atoms with van der Waals surface area (Å²) >= 11 is 0. The van der Waals surface area contributed by atoms with E-state index in [0.29, 0.717) is 0 Å². The monoisotopic (exact) mass is 220 g/mol. The second-order valence-corrected chi connectivity index (χ2v) is 3.58. The van der Waals surface area contributed by atoms with Crippen LogP contribution in [0, 0.1) is 0 Å². The SMILES string of the molecule is CC.CCc1ccc2c(c1)n(C)c(=O)n2C. The molecule has 3 nitrogen and oxygen atoms in total. The van der Waals surface area contributed by atoms with Gasteiger partial charge in [-0.2, -0.15) is 0 Å². The van der Waals surface area contributed by atoms with Gasteiger partial charge in [0, 0.05) is 14.1 Å². The molecule has 0 unspecified atom stereocenters. The molecule has 0 N–H and O–H groups in total. The Kier molecular flexibility index (Phi) is 3.93. The second kappa shape index (κ2) is 5.01. The van der Waals surface area contributed by atoms with Gasteiger partial charge in [0.15, 0.2) is 0 Å². The van der Waals surface area contributed by atoms with Crippen molar-refractivity contribution in [3.63, 3.8) is 0 Å². The van der Waals surface area contributed by atoms with Gasteiger partial charge in [-0.3, -0.25) is 9.13 Å². The van der Waals surface area contributed by atoms with Crippen molar-refractivity contribution in [1.82, 2.24) is 9.13 Å². The van der Waals surface area contributed by atoms with Gasteiger partial charge in [-0.1, -0.05) is 26.8 Å². The van der Waals surface area contributed by atoms with Crippen molar-refractivity contribution in [2.75, 3.05) is 0 Å². The molecule has 0 bridgehead atoms. The fourth-order valence-electron chi connectivity index (χ4n) is 1.77. The van der Waals surface area contributed by atoms with Gasteiger partial charge in [0.25, 0.3) is 0 Å². The smallest absolute Gasteiger partial charge is 0.295 e. The van der Waals surface area contributed by atoms with Gasteiger partial charge in [-0.05, 0) is 24.1 Å². The number of nitrogens with zero attached hydrogens (tertiary/aromatic N) is 2. The highest BCUT2D eigenvalue weighted by molar-refractivity contribution is 5.76. The lowest BCUT2D eigenvalue weighted by atomic mass is 10.1. The number of fused-ring (bicyclic) bond motifs is 1. The van der Waals surface area contributed by atoms with E-state index in [1.54, 1.807) is 16.2 Å². The maximum Gasteiger partial charge on any atom is 0.328 e. The van der Waals surface area contributed by atoms with Crippen LogP contribution in [0.4, 0.5) is 0 Å². The first-order valence-electron chi connectivity index (χ1n) is 5.79. The van der Waals surface area contributed by atoms with E-state index < -0.39 is 0 Å². The largest absolute Gasteiger partial charge is 0.328 e. The predicted molar refractivity (Wildman–Crippen MR) is 68.9 cm³/mol. The number of hydrogen-bond acceptors (Lipinski definition) is 1. The zero-order chi connectivity index (χ0) is 12.3. The van der Waals surface area contributed by atoms with Gasteiger partial charge in [0.05, 0.1) is 11.0 Å². The Morgan fingerprint density at radius 1 is 1.06 bits per heavy atom. The van der Waals surface area contributed by atoms with Crippen molar-refractivity contribution in [2.45, 2.75) is 27.2 Å². The van der Waals surface area contributed by atoms with Crippen LogP contribution in [0.1, 0.15) is 26.3 Å². The van der Waals surface area contributed by atoms with Gasteiger partial charge in [0.1, 0.15) is 0 Å². The average Bonchev–Trinajstić information content (AvgIpc) is 2.57. The third-order valence-corrected chi connectivity index (χ3v) is 2.74. The van der Waals surface area contributed by atoms with E-state index in [1.807, 2.05) is 27.0 Å². The molecule has 88 valence electrons. The summed E-state index contributed by atoms with van der Waals surface area (Å²) in [6.45, 7) is 6.11. The van der Waals surface area contributed by atoms with Crippen molar-refractivity contribution >= 4 is 11.0 Å². The van der Waals surface area contributed by atoms with Gasteiger partial charge in [-0.25, -0.2) is 4.79 Å². The van der Waals surface area contributed by atoms with E-state index in [2.05, 4.69) is 19.1 Å². The predicted octanol–water partition coefficient (Wildman–Crippen LogP) is 2.47. The van der Waals surface area contributed by atoms with Gasteiger partial charge < -0.3 is 0 Å². The Bertz CT molecular complexity index is 535. The molecule has 16 heavy (non-hydrogen) atoms. The Morgan fingerprint density at radius 3 is 2.19 bits per heavy atom. The molecule has 0 amide bonds. The molecule has 0 saturated heterocycles. The summed E-state index contributed by atoms with van der Waals surface area (Å²) in [6.07, 6.45) is 0.999. The highest BCUT2D eigenvalue weighted by Gasteiger charge is 2.06. The van der Waals surface area contributed by atoms with Crippen molar-refractivity contribution in [3.05, 3.63) is 34.2 Å². The number of imidazole rings is 1. The molecule has 2 aromatic rings. The van der Waals surface area contributed by atoms with E-state index in [1.165, 1.54) is 5.56 Å². The molecule has 0 spiro atoms. The van der Waals surface area contributed by atoms with Crippen molar-refractivity contribution in [1.29, 1.82) is 0 Å². The molecule has 0 aliphatic carbocycles. The number of aryl methyl sites for hydroxylation is 3. The maximum absolute atomic E-state index is 11.6. The Hall–Kier alpha value is -1.51. The zero-order valence-electron chi connectivity index (χ0n) is 10.7. The van der Waals surface area contributed by atoms with Gasteiger partial charge >= 0.3 is 5.69 Å². The van der Waals surface area contributed by atoms with Crippen LogP contribution in [0.3, 0.4) is 0 Å². The lowest BCUT2D eigenvalue weighted by Gasteiger charge is -1.98. The number of rotatable bonds is 1. The molecule has 0 aliphatic heterocycles. The van der Waals surface area contributed by atoms with Crippen LogP contribution >= 0.6 is 0 Å². The van der Waals surface area contributed by atoms with Crippen molar-refractivity contribution < 1.29 is 0 Å². The fourth-order valence-corrected chi connectivity index (χ4v) is 1.77. The van der Waals surface area contributed by atoms with E-state index in [-0.39, 0.29) is 5.69 Å². The topological polar surface area (TPSA) is 26.9 Å². The summed E-state index contributed by atoms with van der Waals surface area (Å²) in [4.78, 5) is 11.6. The van der Waals surface area contributed by atoms with E-state index in [9.17, 15) is 4.79 Å². The molecule has 0 atom stereocenters. The summed E-state index contributed by atoms with van der Waals surface area (Å²) in [5, 5.41) is 0. The lowest BCUT2D eigenvalue weighted by Crippen LogP contribution is -2.19. The molecular formula is C13H20N2O. The summed E-state index contributed by atoms with van der Waals surface area (Å²) < 4.78 is 3.36. The van der Waals surface area contributed by atoms with Crippen LogP contribution in [0.5, 0.6) is 0 Å². The maximum atomic E-state index is 11.6. The molecule has 0 radical (unpaired) electrons. The highest BCUT2D eigenvalue weighted by atomic mass is 16.1. The third kappa shape index (κ3) is 1.90. The van der Waals surface area contributed by atoms with E-state index in [4.69, 9.17) is 0 Å². The number of aromatic nitrogens is 2. The van der Waals surface area contributed by atoms with E-state index >= 15 is 0 Å². The van der Waals surface area contributed by atoms with Crippen molar-refractivity contribution in [2.24, 2.45) is 14.1 Å². The molecule has 0 fully saturated rings. The van der Waals surface area contributed by atoms with Crippen LogP contribution in [-0.4, -0.2) is 9.13 Å². The van der Waals surface area contributed by atoms with Crippen LogP contribution in [-0.2, 0) is 20.5 Å². The summed E-state index contributed by atoms with van der Waals surface area (Å²) in [6, 6.07) is 6.16. The third-order valence-electron chi connectivity index (χ3n) is 2.74. The van der Waals surface area contributed by atoms with Crippen LogP contribution < -0.4 is 5.69 Å². The molecule has 0 saturated carbocycles. The molecular weight excluding hydrogens is 200 g/mol. The van der Waals surface area contributed by atoms with Gasteiger partial charge in [-0.15, -0.1) is 0 Å². The quantitative estimate of drug-likeness (QED) is 0.725. The van der Waals surface area contributed by atoms with Gasteiger partial charge in [0.2, 0.25) is 0 Å². The minimum atomic E-state index is 0.0354. The highest BCUT2D eigenvalue weighted by Crippen LogP contribution is 2.13. The lowest BCUT2D eigenvalue weighted by molar-refractivity contribution is 0.795. The normalized spacial score (nSPS) is 10.1. The Morgan fingerprint density at radius 2 is 1.62 bits per heavy atom. The number of hydrogen-bond donors (Lipinski definition) is 0. The standard InChI is InChI=1S/C11H14N2O.C2H6/c1-4-8-5-6-9-10(7-8)13(3)11(14)12(9)2;1-2/h5-7H,4H2,1-3H3;1-2H3. The minimum absolute atomic E-state index is 0.0354. The molecule has 0 aliphatic rings. The zero-order valence-corrected chi connectivity index (χ0v) is 10.7. The Balaban J connectivity index is 0.000000606. The summed E-state index contributed by atoms with van der Waals surface area (Å²) in [5.74, 6) is 0. The van der Waals surface area contributed by atoms with Crippen LogP contribution in [0.25, 0.3) is 11.0 Å². The first-order valence-corrected chi connectivity index (χ1v) is 5.79. The van der Waals surface area contributed by atoms with Crippen LogP contribution in [0.2, 0.25) is 0 Å². The molecule has 2 rings (SSSR count). The molecule has 3 heteroatoms. The molecule has 1 aromatic carbocycles. The first-order chi connectivity index (χ1) is 7.65. The molecule has 1 aromatic heterocycles. The number of benzene rings is 1. The van der Waals surface area contributed by atoms with E-state index in [0.717, 1.165) is 17.5 Å². The van der Waals surface area contributed by atoms with Crippen LogP contribution in [0.15, 0.2) is 23.0 Å².